The van der Waals surface area contributed by atoms with Crippen LogP contribution in [0.25, 0.3) is 0 Å². The molecular formula is C14H21NO3S. The second kappa shape index (κ2) is 5.92. The summed E-state index contributed by atoms with van der Waals surface area (Å²) in [6, 6.07) is 5.46. The molecule has 106 valence electrons. The van der Waals surface area contributed by atoms with E-state index in [1.807, 2.05) is 12.1 Å². The number of methoxy groups -OCH3 is 1. The quantitative estimate of drug-likeness (QED) is 0.897. The van der Waals surface area contributed by atoms with Gasteiger partial charge in [-0.05, 0) is 24.5 Å². The fraction of sp³-hybridized carbons (Fsp3) is 0.571. The Morgan fingerprint density at radius 1 is 1.32 bits per heavy atom. The molecule has 1 aliphatic carbocycles. The van der Waals surface area contributed by atoms with Gasteiger partial charge in [0.25, 0.3) is 0 Å². The second-order valence-corrected chi connectivity index (χ2v) is 7.35. The van der Waals surface area contributed by atoms with Crippen LogP contribution in [0.5, 0.6) is 5.75 Å². The minimum atomic E-state index is -3.04. The Morgan fingerprint density at radius 3 is 2.58 bits per heavy atom. The number of nitrogens with two attached hydrogens (primary N) is 1. The molecular weight excluding hydrogens is 262 g/mol. The van der Waals surface area contributed by atoms with Crippen molar-refractivity contribution in [3.8, 4) is 5.75 Å². The molecule has 1 aliphatic rings. The Balaban J connectivity index is 2.18. The molecule has 0 unspecified atom stereocenters. The smallest absolute Gasteiger partial charge is 0.157 e. The number of rotatable bonds is 5. The summed E-state index contributed by atoms with van der Waals surface area (Å²) in [5, 5.41) is -0.160. The van der Waals surface area contributed by atoms with Gasteiger partial charge in [-0.1, -0.05) is 25.0 Å². The lowest BCUT2D eigenvalue weighted by molar-refractivity contribution is 0.409. The summed E-state index contributed by atoms with van der Waals surface area (Å²) in [4.78, 5) is 0. The van der Waals surface area contributed by atoms with E-state index in [-0.39, 0.29) is 11.0 Å². The van der Waals surface area contributed by atoms with E-state index in [9.17, 15) is 8.42 Å². The molecule has 5 heteroatoms. The molecule has 0 saturated heterocycles. The van der Waals surface area contributed by atoms with Crippen molar-refractivity contribution < 1.29 is 13.2 Å². The van der Waals surface area contributed by atoms with E-state index in [4.69, 9.17) is 10.5 Å². The fourth-order valence-corrected chi connectivity index (χ4v) is 4.58. The number of sulfone groups is 1. The van der Waals surface area contributed by atoms with E-state index in [0.717, 1.165) is 36.8 Å². The SMILES string of the molecule is COc1cc(CS(=O)(=O)C2CCCC2)ccc1CN. The number of benzene rings is 1. The van der Waals surface area contributed by atoms with Crippen molar-refractivity contribution in [3.63, 3.8) is 0 Å². The first-order valence-corrected chi connectivity index (χ1v) is 8.36. The van der Waals surface area contributed by atoms with Gasteiger partial charge in [0, 0.05) is 12.1 Å². The average Bonchev–Trinajstić information content (AvgIpc) is 2.93. The Hall–Kier alpha value is -1.07. The fourth-order valence-electron chi connectivity index (χ4n) is 2.65. The Kier molecular flexibility index (Phi) is 4.47. The third-order valence-corrected chi connectivity index (χ3v) is 5.97. The van der Waals surface area contributed by atoms with Gasteiger partial charge in [0.15, 0.2) is 9.84 Å². The zero-order valence-corrected chi connectivity index (χ0v) is 12.1. The van der Waals surface area contributed by atoms with Crippen LogP contribution < -0.4 is 10.5 Å². The van der Waals surface area contributed by atoms with Crippen molar-refractivity contribution in [1.29, 1.82) is 0 Å². The van der Waals surface area contributed by atoms with Crippen LogP contribution in [0.1, 0.15) is 36.8 Å². The minimum absolute atomic E-state index is 0.0961. The summed E-state index contributed by atoms with van der Waals surface area (Å²) in [6.45, 7) is 0.388. The monoisotopic (exact) mass is 283 g/mol. The molecule has 0 spiro atoms. The molecule has 0 atom stereocenters. The largest absolute Gasteiger partial charge is 0.496 e. The van der Waals surface area contributed by atoms with Gasteiger partial charge in [-0.15, -0.1) is 0 Å². The summed E-state index contributed by atoms with van der Waals surface area (Å²) < 4.78 is 29.8. The van der Waals surface area contributed by atoms with Gasteiger partial charge in [0.2, 0.25) is 0 Å². The van der Waals surface area contributed by atoms with Crippen molar-refractivity contribution in [1.82, 2.24) is 0 Å². The van der Waals surface area contributed by atoms with Gasteiger partial charge in [0.1, 0.15) is 5.75 Å². The summed E-state index contributed by atoms with van der Waals surface area (Å²) >= 11 is 0. The maximum absolute atomic E-state index is 12.3. The van der Waals surface area contributed by atoms with Crippen LogP contribution >= 0.6 is 0 Å². The molecule has 19 heavy (non-hydrogen) atoms. The molecule has 2 rings (SSSR count). The van der Waals surface area contributed by atoms with E-state index in [2.05, 4.69) is 0 Å². The van der Waals surface area contributed by atoms with E-state index >= 15 is 0 Å². The topological polar surface area (TPSA) is 69.4 Å². The standard InChI is InChI=1S/C14H21NO3S/c1-18-14-8-11(6-7-12(14)9-15)10-19(16,17)13-4-2-3-5-13/h6-8,13H,2-5,9-10,15H2,1H3. The van der Waals surface area contributed by atoms with E-state index in [1.165, 1.54) is 0 Å². The summed E-state index contributed by atoms with van der Waals surface area (Å²) in [7, 11) is -1.47. The zero-order valence-electron chi connectivity index (χ0n) is 11.3. The van der Waals surface area contributed by atoms with Gasteiger partial charge < -0.3 is 10.5 Å². The molecule has 0 aromatic heterocycles. The predicted octanol–water partition coefficient (Wildman–Crippen LogP) is 2.01. The molecule has 0 heterocycles. The lowest BCUT2D eigenvalue weighted by atomic mass is 10.1. The number of hydrogen-bond acceptors (Lipinski definition) is 4. The lowest BCUT2D eigenvalue weighted by Gasteiger charge is -2.13. The third-order valence-electron chi connectivity index (χ3n) is 3.75. The van der Waals surface area contributed by atoms with Crippen LogP contribution in [-0.4, -0.2) is 20.8 Å². The van der Waals surface area contributed by atoms with Crippen LogP contribution in [0.3, 0.4) is 0 Å². The second-order valence-electron chi connectivity index (χ2n) is 5.06. The number of hydrogen-bond donors (Lipinski definition) is 1. The highest BCUT2D eigenvalue weighted by atomic mass is 32.2. The average molecular weight is 283 g/mol. The van der Waals surface area contributed by atoms with Gasteiger partial charge in [-0.3, -0.25) is 0 Å². The van der Waals surface area contributed by atoms with Gasteiger partial charge in [0.05, 0.1) is 18.1 Å². The first kappa shape index (κ1) is 14.3. The van der Waals surface area contributed by atoms with Gasteiger partial charge in [-0.25, -0.2) is 8.42 Å². The Labute approximate surface area is 114 Å². The molecule has 0 amide bonds. The Bertz CT molecular complexity index is 534. The van der Waals surface area contributed by atoms with Crippen LogP contribution in [0.2, 0.25) is 0 Å². The first-order valence-electron chi connectivity index (χ1n) is 6.64. The normalized spacial score (nSPS) is 16.7. The Morgan fingerprint density at radius 2 is 2.00 bits per heavy atom. The maximum Gasteiger partial charge on any atom is 0.157 e. The van der Waals surface area contributed by atoms with E-state index < -0.39 is 9.84 Å². The first-order chi connectivity index (χ1) is 9.06. The van der Waals surface area contributed by atoms with Crippen LogP contribution in [0.15, 0.2) is 18.2 Å². The van der Waals surface area contributed by atoms with Crippen molar-refractivity contribution in [2.75, 3.05) is 7.11 Å². The van der Waals surface area contributed by atoms with Gasteiger partial charge >= 0.3 is 0 Å². The molecule has 1 aromatic carbocycles. The van der Waals surface area contributed by atoms with Crippen LogP contribution in [-0.2, 0) is 22.1 Å². The highest BCUT2D eigenvalue weighted by Gasteiger charge is 2.28. The molecule has 0 aliphatic heterocycles. The molecule has 1 saturated carbocycles. The van der Waals surface area contributed by atoms with Crippen LogP contribution in [0.4, 0.5) is 0 Å². The molecule has 4 nitrogen and oxygen atoms in total. The lowest BCUT2D eigenvalue weighted by Crippen LogP contribution is -2.19. The van der Waals surface area contributed by atoms with Crippen molar-refractivity contribution in [2.24, 2.45) is 5.73 Å². The summed E-state index contributed by atoms with van der Waals surface area (Å²) in [5.74, 6) is 0.764. The molecule has 1 aromatic rings. The predicted molar refractivity (Wildman–Crippen MR) is 75.8 cm³/mol. The molecule has 2 N–H and O–H groups in total. The third kappa shape index (κ3) is 3.28. The minimum Gasteiger partial charge on any atom is -0.496 e. The highest BCUT2D eigenvalue weighted by Crippen LogP contribution is 2.28. The molecule has 0 bridgehead atoms. The van der Waals surface area contributed by atoms with Crippen LogP contribution in [0, 0.1) is 0 Å². The van der Waals surface area contributed by atoms with Crippen molar-refractivity contribution in [2.45, 2.75) is 43.2 Å². The molecule has 1 fully saturated rings. The number of ether oxygens (including phenoxy) is 1. The highest BCUT2D eigenvalue weighted by molar-refractivity contribution is 7.91. The van der Waals surface area contributed by atoms with E-state index in [1.54, 1.807) is 13.2 Å². The zero-order chi connectivity index (χ0) is 13.9. The van der Waals surface area contributed by atoms with Crippen molar-refractivity contribution >= 4 is 9.84 Å². The van der Waals surface area contributed by atoms with E-state index in [0.29, 0.717) is 12.3 Å². The van der Waals surface area contributed by atoms with Gasteiger partial charge in [-0.2, -0.15) is 0 Å². The van der Waals surface area contributed by atoms with Crippen molar-refractivity contribution in [3.05, 3.63) is 29.3 Å². The summed E-state index contributed by atoms with van der Waals surface area (Å²) in [5.41, 5.74) is 7.28. The summed E-state index contributed by atoms with van der Waals surface area (Å²) in [6.07, 6.45) is 3.67. The maximum atomic E-state index is 12.3. The molecule has 0 radical (unpaired) electrons.